The number of nitrogens with zero attached hydrogens (tertiary/aromatic N) is 4. The van der Waals surface area contributed by atoms with Gasteiger partial charge in [0.05, 0.1) is 132 Å². The fourth-order valence-corrected chi connectivity index (χ4v) is 12.4. The zero-order chi connectivity index (χ0) is 80.0. The Kier molecular flexibility index (Phi) is 41.4. The van der Waals surface area contributed by atoms with Crippen LogP contribution in [0.5, 0.6) is 0 Å². The highest BCUT2D eigenvalue weighted by atomic mass is 16.6. The molecule has 0 unspecified atom stereocenters. The minimum atomic E-state index is -0.613. The van der Waals surface area contributed by atoms with Gasteiger partial charge in [0.1, 0.15) is 24.4 Å². The molecule has 4 aromatic rings. The first kappa shape index (κ1) is 90.6. The van der Waals surface area contributed by atoms with E-state index in [9.17, 15) is 38.4 Å². The standard InChI is InChI=1S/C80H120N12O20/c1-79(2,3)111-77(99)87-29-45-107-53-49-103-41-25-83-73(95)57-91-35-31-89(55-71(93)81-23-39-101-47-51-105-43-27-85-75(97)109-59-69-65-19-11-7-15-61(65)62-16-8-12-20-66(62)69)33-37-92(58-74(96)84-26-42-104-50-54-108-46-30-88-78(100)112-80(4,5)6)38-34-90(32-36-91)56-72(94)82-24-40-102-48-52-106-44-28-86-76(98)110-60-70-67-21-13-9-17-63(67)64-18-10-14-22-68(64)70/h7-22,69-70H,23-60H2,1-6H3,(H,81,93)(H,82,94)(H,83,95)(H,84,96)(H,85,97)(H,86,98)(H,87,99)(H,88,100). The van der Waals surface area contributed by atoms with Gasteiger partial charge in [0, 0.05) is 117 Å². The summed E-state index contributed by atoms with van der Waals surface area (Å²) in [6, 6.07) is 32.6. The largest absolute Gasteiger partial charge is 0.449 e. The van der Waals surface area contributed by atoms with Crippen molar-refractivity contribution in [2.75, 3.05) is 250 Å². The molecule has 1 heterocycles. The van der Waals surface area contributed by atoms with Gasteiger partial charge in [-0.25, -0.2) is 19.2 Å². The Bertz CT molecular complexity index is 3160. The molecule has 0 aromatic heterocycles. The Balaban J connectivity index is 0.850. The van der Waals surface area contributed by atoms with Crippen LogP contribution < -0.4 is 42.5 Å². The minimum absolute atomic E-state index is 0.00863. The molecule has 1 aliphatic heterocycles. The van der Waals surface area contributed by atoms with Crippen LogP contribution in [0.1, 0.15) is 75.6 Å². The third-order valence-electron chi connectivity index (χ3n) is 17.7. The van der Waals surface area contributed by atoms with Gasteiger partial charge in [0.15, 0.2) is 0 Å². The molecule has 8 N–H and O–H groups in total. The van der Waals surface area contributed by atoms with Gasteiger partial charge in [0.25, 0.3) is 0 Å². The van der Waals surface area contributed by atoms with Crippen LogP contribution >= 0.6 is 0 Å². The first-order valence-corrected chi connectivity index (χ1v) is 38.9. The molecule has 0 saturated carbocycles. The van der Waals surface area contributed by atoms with Crippen LogP contribution in [0, 0.1) is 0 Å². The molecule has 32 heteroatoms. The second-order valence-electron chi connectivity index (χ2n) is 28.8. The van der Waals surface area contributed by atoms with Crippen molar-refractivity contribution in [2.24, 2.45) is 0 Å². The van der Waals surface area contributed by atoms with Crippen LogP contribution in [0.2, 0.25) is 0 Å². The van der Waals surface area contributed by atoms with Crippen LogP contribution in [0.25, 0.3) is 22.3 Å². The SMILES string of the molecule is CC(C)(C)OC(=O)NCCOCCOCCNC(=O)CN1CCN(CC(=O)NCCOCCOCCNC(=O)OCC2c3ccccc3-c3ccccc32)CCN(CC(=O)NCCOCCOCCNC(=O)OC(C)(C)C)CCN(CC(=O)NCCOCCOCCNC(=O)OCC2c3ccccc3-c3ccccc32)CC1. The van der Waals surface area contributed by atoms with Gasteiger partial charge < -0.3 is 99.4 Å². The molecule has 8 amide bonds. The summed E-state index contributed by atoms with van der Waals surface area (Å²) in [6.07, 6.45) is -2.12. The zero-order valence-electron chi connectivity index (χ0n) is 66.2. The van der Waals surface area contributed by atoms with Crippen LogP contribution in [0.15, 0.2) is 97.1 Å². The minimum Gasteiger partial charge on any atom is -0.449 e. The summed E-state index contributed by atoms with van der Waals surface area (Å²) in [7, 11) is 0. The van der Waals surface area contributed by atoms with Crippen molar-refractivity contribution in [1.82, 2.24) is 62.1 Å². The lowest BCUT2D eigenvalue weighted by Crippen LogP contribution is -2.51. The Labute approximate surface area is 658 Å². The van der Waals surface area contributed by atoms with Crippen molar-refractivity contribution < 1.29 is 95.2 Å². The first-order valence-electron chi connectivity index (χ1n) is 38.9. The number of nitrogens with one attached hydrogen (secondary N) is 8. The lowest BCUT2D eigenvalue weighted by Gasteiger charge is -2.33. The molecule has 32 nitrogen and oxygen atoms in total. The van der Waals surface area contributed by atoms with E-state index in [0.717, 1.165) is 44.5 Å². The van der Waals surface area contributed by atoms with E-state index in [4.69, 9.17) is 56.8 Å². The molecule has 0 spiro atoms. The third kappa shape index (κ3) is 36.4. The van der Waals surface area contributed by atoms with Crippen molar-refractivity contribution >= 4 is 48.0 Å². The van der Waals surface area contributed by atoms with Crippen molar-refractivity contribution in [3.63, 3.8) is 0 Å². The number of benzene rings is 4. The molecule has 7 rings (SSSR count). The molecule has 1 saturated heterocycles. The average molecular weight is 1570 g/mol. The molecule has 1 fully saturated rings. The van der Waals surface area contributed by atoms with Gasteiger partial charge in [-0.1, -0.05) is 97.1 Å². The van der Waals surface area contributed by atoms with Crippen LogP contribution in [-0.4, -0.2) is 329 Å². The molecular formula is C80H120N12O20. The molecule has 0 bridgehead atoms. The van der Waals surface area contributed by atoms with Gasteiger partial charge in [-0.3, -0.25) is 38.8 Å². The number of ether oxygens (including phenoxy) is 12. The normalized spacial score (nSPS) is 14.4. The molecule has 112 heavy (non-hydrogen) atoms. The second-order valence-corrected chi connectivity index (χ2v) is 28.8. The highest BCUT2D eigenvalue weighted by molar-refractivity contribution is 5.82. The van der Waals surface area contributed by atoms with Gasteiger partial charge in [-0.05, 0) is 86.1 Å². The second kappa shape index (κ2) is 51.2. The van der Waals surface area contributed by atoms with E-state index in [0.29, 0.717) is 52.4 Å². The van der Waals surface area contributed by atoms with Gasteiger partial charge in [0.2, 0.25) is 23.6 Å². The Hall–Kier alpha value is -8.64. The molecule has 0 radical (unpaired) electrons. The van der Waals surface area contributed by atoms with Gasteiger partial charge in [-0.2, -0.15) is 0 Å². The molecule has 4 aromatic carbocycles. The summed E-state index contributed by atoms with van der Waals surface area (Å²) in [5.41, 5.74) is 7.90. The summed E-state index contributed by atoms with van der Waals surface area (Å²) in [4.78, 5) is 112. The number of carbonyl (C=O) groups is 8. The van der Waals surface area contributed by atoms with Crippen molar-refractivity contribution in [3.8, 4) is 22.3 Å². The first-order chi connectivity index (χ1) is 54.2. The molecule has 2 aliphatic carbocycles. The highest BCUT2D eigenvalue weighted by Gasteiger charge is 2.31. The Morgan fingerprint density at radius 3 is 0.696 bits per heavy atom. The smallest absolute Gasteiger partial charge is 0.407 e. The van der Waals surface area contributed by atoms with Gasteiger partial charge >= 0.3 is 24.4 Å². The lowest BCUT2D eigenvalue weighted by atomic mass is 9.98. The average Bonchev–Trinajstić information content (AvgIpc) is 1.62. The van der Waals surface area contributed by atoms with E-state index in [1.54, 1.807) is 41.5 Å². The maximum absolute atomic E-state index is 13.7. The monoisotopic (exact) mass is 1570 g/mol. The van der Waals surface area contributed by atoms with Gasteiger partial charge in [-0.15, -0.1) is 0 Å². The van der Waals surface area contributed by atoms with Crippen LogP contribution in [0.4, 0.5) is 19.2 Å². The number of amides is 8. The Morgan fingerprint density at radius 1 is 0.286 bits per heavy atom. The number of rotatable bonds is 48. The third-order valence-corrected chi connectivity index (χ3v) is 17.7. The van der Waals surface area contributed by atoms with E-state index < -0.39 is 35.6 Å². The number of alkyl carbamates (subject to hydrolysis) is 4. The number of fused-ring (bicyclic) bond motifs is 6. The maximum atomic E-state index is 13.7. The fourth-order valence-electron chi connectivity index (χ4n) is 12.4. The molecule has 0 atom stereocenters. The number of carbonyl (C=O) groups excluding carboxylic acids is 8. The summed E-state index contributed by atoms with van der Waals surface area (Å²) in [5, 5.41) is 22.6. The van der Waals surface area contributed by atoms with E-state index in [1.807, 2.05) is 68.1 Å². The van der Waals surface area contributed by atoms with E-state index in [1.165, 1.54) is 0 Å². The number of hydrogen-bond acceptors (Lipinski definition) is 24. The van der Waals surface area contributed by atoms with E-state index in [2.05, 4.69) is 91.1 Å². The summed E-state index contributed by atoms with van der Waals surface area (Å²) < 4.78 is 67.2. The van der Waals surface area contributed by atoms with Crippen molar-refractivity contribution in [3.05, 3.63) is 119 Å². The topological polar surface area (TPSA) is 357 Å². The maximum Gasteiger partial charge on any atom is 0.407 e. The zero-order valence-corrected chi connectivity index (χ0v) is 66.2. The quantitative estimate of drug-likeness (QED) is 0.0229. The van der Waals surface area contributed by atoms with Crippen molar-refractivity contribution in [2.45, 2.75) is 64.6 Å². The van der Waals surface area contributed by atoms with Crippen LogP contribution in [-0.2, 0) is 76.0 Å². The predicted octanol–water partition coefficient (Wildman–Crippen LogP) is 3.93. The molecule has 620 valence electrons. The lowest BCUT2D eigenvalue weighted by molar-refractivity contribution is -0.125. The molecule has 3 aliphatic rings. The van der Waals surface area contributed by atoms with Crippen LogP contribution in [0.3, 0.4) is 0 Å². The number of hydrogen-bond donors (Lipinski definition) is 8. The van der Waals surface area contributed by atoms with E-state index >= 15 is 0 Å². The fraction of sp³-hybridized carbons (Fsp3) is 0.600. The van der Waals surface area contributed by atoms with E-state index in [-0.39, 0.29) is 233 Å². The summed E-state index contributed by atoms with van der Waals surface area (Å²) in [6.45, 7) is 20.0. The predicted molar refractivity (Wildman–Crippen MR) is 419 cm³/mol. The molecular weight excluding hydrogens is 1450 g/mol. The summed E-state index contributed by atoms with van der Waals surface area (Å²) in [5.74, 6) is -1.10. The highest BCUT2D eigenvalue weighted by Crippen LogP contribution is 2.46. The Morgan fingerprint density at radius 2 is 0.482 bits per heavy atom. The van der Waals surface area contributed by atoms with Crippen molar-refractivity contribution in [1.29, 1.82) is 0 Å². The summed E-state index contributed by atoms with van der Waals surface area (Å²) >= 11 is 0.